The van der Waals surface area contributed by atoms with Gasteiger partial charge in [0.25, 0.3) is 0 Å². The van der Waals surface area contributed by atoms with Gasteiger partial charge >= 0.3 is 0 Å². The molecular formula is C16H26FNO. The molecule has 2 unspecified atom stereocenters. The number of benzene rings is 1. The summed E-state index contributed by atoms with van der Waals surface area (Å²) in [7, 11) is 0. The minimum atomic E-state index is -0.207. The lowest BCUT2D eigenvalue weighted by atomic mass is 10.1. The van der Waals surface area contributed by atoms with Crippen LogP contribution in [-0.4, -0.2) is 18.7 Å². The van der Waals surface area contributed by atoms with Crippen LogP contribution in [0, 0.1) is 5.82 Å². The van der Waals surface area contributed by atoms with Gasteiger partial charge in [-0.2, -0.15) is 0 Å². The third-order valence-corrected chi connectivity index (χ3v) is 3.05. The average Bonchev–Trinajstić information content (AvgIpc) is 2.35. The van der Waals surface area contributed by atoms with E-state index in [1.165, 1.54) is 12.1 Å². The summed E-state index contributed by atoms with van der Waals surface area (Å²) in [5, 5.41) is 3.39. The van der Waals surface area contributed by atoms with E-state index in [4.69, 9.17) is 4.74 Å². The zero-order valence-electron chi connectivity index (χ0n) is 12.4. The Morgan fingerprint density at radius 3 is 2.32 bits per heavy atom. The van der Waals surface area contributed by atoms with E-state index in [0.717, 1.165) is 24.9 Å². The van der Waals surface area contributed by atoms with Crippen molar-refractivity contribution in [1.82, 2.24) is 5.32 Å². The van der Waals surface area contributed by atoms with Crippen LogP contribution in [0.3, 0.4) is 0 Å². The van der Waals surface area contributed by atoms with Gasteiger partial charge in [-0.3, -0.25) is 0 Å². The molecule has 0 aliphatic heterocycles. The van der Waals surface area contributed by atoms with Crippen LogP contribution in [0.5, 0.6) is 0 Å². The highest BCUT2D eigenvalue weighted by Gasteiger charge is 2.15. The molecule has 2 atom stereocenters. The van der Waals surface area contributed by atoms with E-state index in [1.54, 1.807) is 12.1 Å². The van der Waals surface area contributed by atoms with Gasteiger partial charge in [0.05, 0.1) is 12.2 Å². The lowest BCUT2D eigenvalue weighted by Crippen LogP contribution is -2.30. The van der Waals surface area contributed by atoms with Crippen LogP contribution >= 0.6 is 0 Å². The first-order valence-corrected chi connectivity index (χ1v) is 7.17. The Balaban J connectivity index is 2.70. The maximum Gasteiger partial charge on any atom is 0.123 e. The Hall–Kier alpha value is -0.930. The van der Waals surface area contributed by atoms with Crippen molar-refractivity contribution >= 4 is 0 Å². The van der Waals surface area contributed by atoms with E-state index in [9.17, 15) is 4.39 Å². The zero-order valence-corrected chi connectivity index (χ0v) is 12.4. The smallest absolute Gasteiger partial charge is 0.123 e. The number of hydrogen-bond donors (Lipinski definition) is 1. The average molecular weight is 267 g/mol. The van der Waals surface area contributed by atoms with Gasteiger partial charge < -0.3 is 10.1 Å². The van der Waals surface area contributed by atoms with Crippen LogP contribution in [0.25, 0.3) is 0 Å². The predicted molar refractivity (Wildman–Crippen MR) is 77.7 cm³/mol. The molecule has 0 saturated heterocycles. The molecule has 0 spiro atoms. The number of hydrogen-bond acceptors (Lipinski definition) is 2. The number of halogens is 1. The molecule has 1 rings (SSSR count). The molecular weight excluding hydrogens is 241 g/mol. The largest absolute Gasteiger partial charge is 0.369 e. The normalized spacial score (nSPS) is 14.6. The molecule has 0 amide bonds. The topological polar surface area (TPSA) is 21.3 Å². The Morgan fingerprint density at radius 2 is 1.79 bits per heavy atom. The Kier molecular flexibility index (Phi) is 7.03. The molecule has 1 N–H and O–H groups in total. The lowest BCUT2D eigenvalue weighted by Gasteiger charge is -2.24. The fraction of sp³-hybridized carbons (Fsp3) is 0.625. The molecule has 2 nitrogen and oxygen atoms in total. The molecule has 0 aliphatic rings. The second kappa shape index (κ2) is 8.28. The number of rotatable bonds is 8. The van der Waals surface area contributed by atoms with E-state index in [-0.39, 0.29) is 18.0 Å². The minimum absolute atomic E-state index is 0.0236. The van der Waals surface area contributed by atoms with Crippen molar-refractivity contribution in [3.05, 3.63) is 35.6 Å². The molecule has 0 saturated carbocycles. The Labute approximate surface area is 116 Å². The third kappa shape index (κ3) is 6.17. The van der Waals surface area contributed by atoms with Gasteiger partial charge in [0.1, 0.15) is 5.82 Å². The highest BCUT2D eigenvalue weighted by molar-refractivity contribution is 5.19. The molecule has 3 heteroatoms. The van der Waals surface area contributed by atoms with Gasteiger partial charge in [0.15, 0.2) is 0 Å². The molecule has 0 bridgehead atoms. The fourth-order valence-electron chi connectivity index (χ4n) is 2.02. The summed E-state index contributed by atoms with van der Waals surface area (Å²) in [6.45, 7) is 9.21. The van der Waals surface area contributed by atoms with Crippen LogP contribution < -0.4 is 5.32 Å². The van der Waals surface area contributed by atoms with Crippen LogP contribution in [0.2, 0.25) is 0 Å². The van der Waals surface area contributed by atoms with Crippen molar-refractivity contribution in [2.45, 2.75) is 58.8 Å². The van der Waals surface area contributed by atoms with Gasteiger partial charge in [-0.05, 0) is 31.0 Å². The Morgan fingerprint density at radius 1 is 1.16 bits per heavy atom. The van der Waals surface area contributed by atoms with Crippen molar-refractivity contribution in [3.8, 4) is 0 Å². The lowest BCUT2D eigenvalue weighted by molar-refractivity contribution is -0.00809. The molecule has 0 aromatic heterocycles. The maximum absolute atomic E-state index is 13.0. The highest BCUT2D eigenvalue weighted by atomic mass is 19.1. The molecule has 1 aromatic rings. The van der Waals surface area contributed by atoms with E-state index >= 15 is 0 Å². The molecule has 108 valence electrons. The molecule has 1 aromatic carbocycles. The van der Waals surface area contributed by atoms with Crippen molar-refractivity contribution in [3.63, 3.8) is 0 Å². The minimum Gasteiger partial charge on any atom is -0.369 e. The first kappa shape index (κ1) is 16.1. The molecule has 0 radical (unpaired) electrons. The van der Waals surface area contributed by atoms with Crippen LogP contribution in [-0.2, 0) is 4.74 Å². The molecule has 0 heterocycles. The molecule has 0 fully saturated rings. The SMILES string of the molecule is CCCC(C)OC(CNC(C)C)c1ccc(F)cc1. The summed E-state index contributed by atoms with van der Waals surface area (Å²) in [6.07, 6.45) is 2.34. The summed E-state index contributed by atoms with van der Waals surface area (Å²) in [5.41, 5.74) is 1.03. The Bertz CT molecular complexity index is 350. The standard InChI is InChI=1S/C16H26FNO/c1-5-6-13(4)19-16(11-18-12(2)3)14-7-9-15(17)10-8-14/h7-10,12-13,16,18H,5-6,11H2,1-4H3. The van der Waals surface area contributed by atoms with Crippen molar-refractivity contribution in [2.75, 3.05) is 6.54 Å². The first-order valence-electron chi connectivity index (χ1n) is 7.17. The van der Waals surface area contributed by atoms with Crippen LogP contribution in [0.15, 0.2) is 24.3 Å². The summed E-state index contributed by atoms with van der Waals surface area (Å²) >= 11 is 0. The van der Waals surface area contributed by atoms with E-state index < -0.39 is 0 Å². The quantitative estimate of drug-likeness (QED) is 0.766. The summed E-state index contributed by atoms with van der Waals surface area (Å²) < 4.78 is 19.1. The van der Waals surface area contributed by atoms with Gasteiger partial charge in [-0.1, -0.05) is 39.3 Å². The van der Waals surface area contributed by atoms with Crippen LogP contribution in [0.4, 0.5) is 4.39 Å². The zero-order chi connectivity index (χ0) is 14.3. The van der Waals surface area contributed by atoms with Gasteiger partial charge in [0.2, 0.25) is 0 Å². The van der Waals surface area contributed by atoms with E-state index in [1.807, 2.05) is 0 Å². The van der Waals surface area contributed by atoms with Gasteiger partial charge in [0, 0.05) is 12.6 Å². The third-order valence-electron chi connectivity index (χ3n) is 3.05. The number of ether oxygens (including phenoxy) is 1. The predicted octanol–water partition coefficient (Wildman–Crippen LogP) is 4.07. The van der Waals surface area contributed by atoms with Crippen molar-refractivity contribution in [1.29, 1.82) is 0 Å². The summed E-state index contributed by atoms with van der Waals surface area (Å²) in [4.78, 5) is 0. The molecule has 19 heavy (non-hydrogen) atoms. The van der Waals surface area contributed by atoms with Crippen molar-refractivity contribution in [2.24, 2.45) is 0 Å². The van der Waals surface area contributed by atoms with Gasteiger partial charge in [-0.15, -0.1) is 0 Å². The summed E-state index contributed by atoms with van der Waals surface area (Å²) in [5.74, 6) is -0.207. The number of nitrogens with one attached hydrogen (secondary N) is 1. The fourth-order valence-corrected chi connectivity index (χ4v) is 2.02. The first-order chi connectivity index (χ1) is 9.02. The molecule has 0 aliphatic carbocycles. The van der Waals surface area contributed by atoms with Crippen LogP contribution in [0.1, 0.15) is 52.2 Å². The van der Waals surface area contributed by atoms with Crippen molar-refractivity contribution < 1.29 is 9.13 Å². The second-order valence-corrected chi connectivity index (χ2v) is 5.34. The highest BCUT2D eigenvalue weighted by Crippen LogP contribution is 2.20. The van der Waals surface area contributed by atoms with E-state index in [0.29, 0.717) is 6.04 Å². The monoisotopic (exact) mass is 267 g/mol. The maximum atomic E-state index is 13.0. The van der Waals surface area contributed by atoms with E-state index in [2.05, 4.69) is 33.0 Å². The van der Waals surface area contributed by atoms with Gasteiger partial charge in [-0.25, -0.2) is 4.39 Å². The second-order valence-electron chi connectivity index (χ2n) is 5.34. The summed E-state index contributed by atoms with van der Waals surface area (Å²) in [6, 6.07) is 7.01.